The number of nitrogens with one attached hydrogen (secondary N) is 1. The van der Waals surface area contributed by atoms with Gasteiger partial charge in [0.1, 0.15) is 0 Å². The van der Waals surface area contributed by atoms with Crippen molar-refractivity contribution in [3.63, 3.8) is 0 Å². The van der Waals surface area contributed by atoms with Crippen LogP contribution in [-0.4, -0.2) is 36.0 Å². The summed E-state index contributed by atoms with van der Waals surface area (Å²) in [6, 6.07) is 1.70. The molecular weight excluding hydrogens is 212 g/mol. The highest BCUT2D eigenvalue weighted by molar-refractivity contribution is 5.77. The standard InChI is InChI=1S/C14H24N2O/c1-15-11-8-12-3-2-4-13(9-11)16(12)14(17)7-10-5-6-10/h10-13,15H,2-9H2,1H3/t11-,12-,13+. The summed E-state index contributed by atoms with van der Waals surface area (Å²) in [5, 5.41) is 3.41. The van der Waals surface area contributed by atoms with Crippen LogP contribution >= 0.6 is 0 Å². The molecule has 1 N–H and O–H groups in total. The monoisotopic (exact) mass is 236 g/mol. The van der Waals surface area contributed by atoms with Gasteiger partial charge < -0.3 is 10.2 Å². The Hall–Kier alpha value is -0.570. The van der Waals surface area contributed by atoms with Gasteiger partial charge in [0, 0.05) is 24.5 Å². The summed E-state index contributed by atoms with van der Waals surface area (Å²) in [6.45, 7) is 0. The van der Waals surface area contributed by atoms with Crippen LogP contribution in [0.4, 0.5) is 0 Å². The molecule has 0 unspecified atom stereocenters. The SMILES string of the molecule is CN[C@@H]1C[C@H]2CCC[C@@H](C1)N2C(=O)CC1CC1. The number of piperidine rings is 2. The van der Waals surface area contributed by atoms with Crippen LogP contribution in [0.15, 0.2) is 0 Å². The van der Waals surface area contributed by atoms with Crippen LogP contribution in [-0.2, 0) is 4.79 Å². The third-order valence-corrected chi connectivity index (χ3v) is 4.83. The lowest BCUT2D eigenvalue weighted by Gasteiger charge is -2.49. The van der Waals surface area contributed by atoms with Gasteiger partial charge in [-0.2, -0.15) is 0 Å². The van der Waals surface area contributed by atoms with Gasteiger partial charge in [-0.3, -0.25) is 4.79 Å². The van der Waals surface area contributed by atoms with Crippen molar-refractivity contribution in [3.05, 3.63) is 0 Å². The molecular formula is C14H24N2O. The van der Waals surface area contributed by atoms with E-state index < -0.39 is 0 Å². The average molecular weight is 236 g/mol. The Kier molecular flexibility index (Phi) is 3.12. The van der Waals surface area contributed by atoms with Gasteiger partial charge in [-0.05, 0) is 57.9 Å². The fraction of sp³-hybridized carbons (Fsp3) is 0.929. The van der Waals surface area contributed by atoms with Gasteiger partial charge in [-0.1, -0.05) is 0 Å². The first kappa shape index (κ1) is 11.5. The second-order valence-corrected chi connectivity index (χ2v) is 6.14. The van der Waals surface area contributed by atoms with Gasteiger partial charge >= 0.3 is 0 Å². The summed E-state index contributed by atoms with van der Waals surface area (Å²) in [4.78, 5) is 14.6. The van der Waals surface area contributed by atoms with Crippen molar-refractivity contribution < 1.29 is 4.79 Å². The maximum atomic E-state index is 12.4. The molecule has 2 bridgehead atoms. The van der Waals surface area contributed by atoms with E-state index in [9.17, 15) is 4.79 Å². The number of rotatable bonds is 3. The van der Waals surface area contributed by atoms with E-state index in [1.54, 1.807) is 0 Å². The van der Waals surface area contributed by atoms with Crippen molar-refractivity contribution in [2.75, 3.05) is 7.05 Å². The molecule has 96 valence electrons. The van der Waals surface area contributed by atoms with Crippen LogP contribution in [0.5, 0.6) is 0 Å². The Morgan fingerprint density at radius 3 is 2.35 bits per heavy atom. The highest BCUT2D eigenvalue weighted by Crippen LogP contribution is 2.38. The number of amides is 1. The normalized spacial score (nSPS) is 37.0. The van der Waals surface area contributed by atoms with E-state index in [4.69, 9.17) is 0 Å². The predicted molar refractivity (Wildman–Crippen MR) is 67.7 cm³/mol. The summed E-state index contributed by atoms with van der Waals surface area (Å²) in [5.41, 5.74) is 0. The molecule has 3 rings (SSSR count). The molecule has 3 atom stereocenters. The van der Waals surface area contributed by atoms with Crippen molar-refractivity contribution in [1.82, 2.24) is 10.2 Å². The molecule has 1 amide bonds. The van der Waals surface area contributed by atoms with E-state index in [2.05, 4.69) is 17.3 Å². The van der Waals surface area contributed by atoms with Gasteiger partial charge in [-0.15, -0.1) is 0 Å². The fourth-order valence-electron chi connectivity index (χ4n) is 3.70. The maximum absolute atomic E-state index is 12.4. The topological polar surface area (TPSA) is 32.3 Å². The van der Waals surface area contributed by atoms with Crippen LogP contribution in [0.2, 0.25) is 0 Å². The summed E-state index contributed by atoms with van der Waals surface area (Å²) < 4.78 is 0. The van der Waals surface area contributed by atoms with Crippen molar-refractivity contribution in [3.8, 4) is 0 Å². The molecule has 0 aromatic carbocycles. The maximum Gasteiger partial charge on any atom is 0.223 e. The van der Waals surface area contributed by atoms with Crippen LogP contribution in [0.1, 0.15) is 51.4 Å². The van der Waals surface area contributed by atoms with E-state index >= 15 is 0 Å². The highest BCUT2D eigenvalue weighted by Gasteiger charge is 2.41. The molecule has 2 aliphatic heterocycles. The van der Waals surface area contributed by atoms with Crippen molar-refractivity contribution in [2.45, 2.75) is 69.5 Å². The third kappa shape index (κ3) is 2.35. The molecule has 2 heterocycles. The minimum absolute atomic E-state index is 0.455. The Balaban J connectivity index is 1.68. The van der Waals surface area contributed by atoms with Crippen LogP contribution in [0.25, 0.3) is 0 Å². The summed E-state index contributed by atoms with van der Waals surface area (Å²) in [6.07, 6.45) is 9.52. The molecule has 0 spiro atoms. The quantitative estimate of drug-likeness (QED) is 0.812. The lowest BCUT2D eigenvalue weighted by Crippen LogP contribution is -2.57. The van der Waals surface area contributed by atoms with Gasteiger partial charge in [0.15, 0.2) is 0 Å². The molecule has 3 aliphatic rings. The number of hydrogen-bond donors (Lipinski definition) is 1. The molecule has 3 nitrogen and oxygen atoms in total. The first-order valence-corrected chi connectivity index (χ1v) is 7.26. The summed E-state index contributed by atoms with van der Waals surface area (Å²) in [5.74, 6) is 1.18. The van der Waals surface area contributed by atoms with Crippen molar-refractivity contribution in [2.24, 2.45) is 5.92 Å². The summed E-state index contributed by atoms with van der Waals surface area (Å²) in [7, 11) is 2.06. The van der Waals surface area contributed by atoms with Gasteiger partial charge in [0.05, 0.1) is 0 Å². The number of fused-ring (bicyclic) bond motifs is 2. The molecule has 0 radical (unpaired) electrons. The molecule has 2 saturated heterocycles. The number of carbonyl (C=O) groups excluding carboxylic acids is 1. The Labute approximate surface area is 104 Å². The van der Waals surface area contributed by atoms with Crippen molar-refractivity contribution >= 4 is 5.91 Å². The zero-order valence-corrected chi connectivity index (χ0v) is 10.8. The fourth-order valence-corrected chi connectivity index (χ4v) is 3.70. The third-order valence-electron chi connectivity index (χ3n) is 4.83. The van der Waals surface area contributed by atoms with E-state index in [1.807, 2.05) is 0 Å². The zero-order chi connectivity index (χ0) is 11.8. The first-order chi connectivity index (χ1) is 8.28. The minimum Gasteiger partial charge on any atom is -0.337 e. The predicted octanol–water partition coefficient (Wildman–Crippen LogP) is 1.92. The number of nitrogens with zero attached hydrogens (tertiary/aromatic N) is 1. The number of carbonyl (C=O) groups is 1. The van der Waals surface area contributed by atoms with E-state index in [0.717, 1.165) is 12.3 Å². The van der Waals surface area contributed by atoms with Crippen LogP contribution < -0.4 is 5.32 Å². The summed E-state index contributed by atoms with van der Waals surface area (Å²) >= 11 is 0. The zero-order valence-electron chi connectivity index (χ0n) is 10.8. The minimum atomic E-state index is 0.455. The lowest BCUT2D eigenvalue weighted by molar-refractivity contribution is -0.141. The van der Waals surface area contributed by atoms with Gasteiger partial charge in [0.2, 0.25) is 5.91 Å². The Morgan fingerprint density at radius 1 is 1.18 bits per heavy atom. The first-order valence-electron chi connectivity index (χ1n) is 7.26. The highest BCUT2D eigenvalue weighted by atomic mass is 16.2. The smallest absolute Gasteiger partial charge is 0.223 e. The van der Waals surface area contributed by atoms with E-state index in [0.29, 0.717) is 24.0 Å². The van der Waals surface area contributed by atoms with Gasteiger partial charge in [0.25, 0.3) is 0 Å². The molecule has 3 heteroatoms. The van der Waals surface area contributed by atoms with E-state index in [-0.39, 0.29) is 0 Å². The molecule has 17 heavy (non-hydrogen) atoms. The largest absolute Gasteiger partial charge is 0.337 e. The second-order valence-electron chi connectivity index (χ2n) is 6.14. The molecule has 0 aromatic rings. The Morgan fingerprint density at radius 2 is 1.82 bits per heavy atom. The lowest BCUT2D eigenvalue weighted by atomic mass is 9.81. The molecule has 0 aromatic heterocycles. The Bertz CT molecular complexity index is 287. The molecule has 3 fully saturated rings. The average Bonchev–Trinajstić information content (AvgIpc) is 3.11. The second kappa shape index (κ2) is 4.60. The van der Waals surface area contributed by atoms with Crippen molar-refractivity contribution in [1.29, 1.82) is 0 Å². The van der Waals surface area contributed by atoms with Crippen LogP contribution in [0, 0.1) is 5.92 Å². The molecule has 1 aliphatic carbocycles. The molecule has 1 saturated carbocycles. The van der Waals surface area contributed by atoms with Crippen LogP contribution in [0.3, 0.4) is 0 Å². The van der Waals surface area contributed by atoms with Gasteiger partial charge in [-0.25, -0.2) is 0 Å². The van der Waals surface area contributed by atoms with E-state index in [1.165, 1.54) is 44.9 Å². The number of hydrogen-bond acceptors (Lipinski definition) is 2.